The van der Waals surface area contributed by atoms with Gasteiger partial charge in [0, 0.05) is 29.4 Å². The van der Waals surface area contributed by atoms with Crippen molar-refractivity contribution < 1.29 is 30.7 Å². The second kappa shape index (κ2) is 11.9. The van der Waals surface area contributed by atoms with Gasteiger partial charge in [-0.05, 0) is 73.1 Å². The number of ether oxygens (including phenoxy) is 1. The number of hydrogen-bond donors (Lipinski definition) is 2. The van der Waals surface area contributed by atoms with E-state index in [2.05, 4.69) is 29.2 Å². The molecule has 42 heavy (non-hydrogen) atoms. The first-order chi connectivity index (χ1) is 19.8. The Labute approximate surface area is 251 Å². The molecule has 2 aliphatic heterocycles. The topological polar surface area (TPSA) is 124 Å². The summed E-state index contributed by atoms with van der Waals surface area (Å²) in [6.45, 7) is 6.42. The van der Waals surface area contributed by atoms with E-state index in [1.807, 2.05) is 57.2 Å². The van der Waals surface area contributed by atoms with Crippen LogP contribution in [0.3, 0.4) is 0 Å². The van der Waals surface area contributed by atoms with Crippen molar-refractivity contribution in [3.63, 3.8) is 0 Å². The predicted molar refractivity (Wildman–Crippen MR) is 169 cm³/mol. The Balaban J connectivity index is 1.51. The molecule has 5 rings (SSSR count). The van der Waals surface area contributed by atoms with Crippen molar-refractivity contribution >= 4 is 54.1 Å². The zero-order valence-corrected chi connectivity index (χ0v) is 26.1. The highest BCUT2D eigenvalue weighted by Gasteiger charge is 2.32. The van der Waals surface area contributed by atoms with Crippen LogP contribution in [0.5, 0.6) is 5.75 Å². The van der Waals surface area contributed by atoms with Crippen molar-refractivity contribution in [3.8, 4) is 5.75 Å². The van der Waals surface area contributed by atoms with E-state index in [0.717, 1.165) is 43.7 Å². The fourth-order valence-corrected chi connectivity index (χ4v) is 7.47. The van der Waals surface area contributed by atoms with Gasteiger partial charge in [-0.1, -0.05) is 49.0 Å². The fourth-order valence-electron chi connectivity index (χ4n) is 5.24. The molecular weight excluding hydrogens is 597 g/mol. The molecule has 0 saturated carbocycles. The predicted octanol–water partition coefficient (Wildman–Crippen LogP) is 5.94. The second-order valence-electron chi connectivity index (χ2n) is 10.5. The van der Waals surface area contributed by atoms with Gasteiger partial charge in [0.25, 0.3) is 20.2 Å². The fraction of sp³-hybridized carbons (Fsp3) is 0.333. The van der Waals surface area contributed by atoms with E-state index >= 15 is 0 Å². The Bertz CT molecular complexity index is 1800. The van der Waals surface area contributed by atoms with Gasteiger partial charge in [-0.3, -0.25) is 9.11 Å². The molecule has 0 amide bonds. The molecule has 0 aromatic heterocycles. The molecule has 1 atom stereocenters. The number of anilines is 2. The average Bonchev–Trinajstić information content (AvgIpc) is 3.43. The lowest BCUT2D eigenvalue weighted by Gasteiger charge is -2.26. The van der Waals surface area contributed by atoms with E-state index in [1.165, 1.54) is 0 Å². The highest BCUT2D eigenvalue weighted by Crippen LogP contribution is 2.48. The molecule has 0 saturated heterocycles. The number of thioether (sulfide) groups is 1. The summed E-state index contributed by atoms with van der Waals surface area (Å²) in [7, 11) is -8.29. The van der Waals surface area contributed by atoms with Gasteiger partial charge < -0.3 is 14.5 Å². The van der Waals surface area contributed by atoms with Crippen LogP contribution in [0.1, 0.15) is 30.9 Å². The van der Waals surface area contributed by atoms with E-state index in [0.29, 0.717) is 24.6 Å². The van der Waals surface area contributed by atoms with Crippen LogP contribution in [0, 0.1) is 13.8 Å². The van der Waals surface area contributed by atoms with Crippen LogP contribution in [-0.4, -0.2) is 55.9 Å². The largest absolute Gasteiger partial charge is 0.439 e. The number of hydrogen-bond acceptors (Lipinski definition) is 8. The van der Waals surface area contributed by atoms with Crippen molar-refractivity contribution in [3.05, 3.63) is 83.3 Å². The molecule has 0 fully saturated rings. The van der Waals surface area contributed by atoms with Crippen molar-refractivity contribution in [2.45, 2.75) is 43.9 Å². The molecule has 2 aliphatic rings. The maximum absolute atomic E-state index is 11.6. The highest BCUT2D eigenvalue weighted by atomic mass is 32.2. The third-order valence-electron chi connectivity index (χ3n) is 7.50. The van der Waals surface area contributed by atoms with Crippen LogP contribution in [0.25, 0.3) is 10.8 Å². The van der Waals surface area contributed by atoms with Crippen LogP contribution in [0.2, 0.25) is 0 Å². The van der Waals surface area contributed by atoms with Gasteiger partial charge in [-0.25, -0.2) is 0 Å². The zero-order chi connectivity index (χ0) is 30.2. The average molecular weight is 631 g/mol. The third-order valence-corrected chi connectivity index (χ3v) is 10.2. The number of benzene rings is 3. The number of fused-ring (bicyclic) bond motifs is 4. The molecule has 224 valence electrons. The van der Waals surface area contributed by atoms with Gasteiger partial charge in [0.15, 0.2) is 5.75 Å². The van der Waals surface area contributed by atoms with E-state index in [9.17, 15) is 25.9 Å². The first-order valence-electron chi connectivity index (χ1n) is 13.7. The monoisotopic (exact) mass is 630 g/mol. The van der Waals surface area contributed by atoms with Crippen LogP contribution in [-0.2, 0) is 20.2 Å². The summed E-state index contributed by atoms with van der Waals surface area (Å²) in [6, 6.07) is 16.1. The molecule has 9 nitrogen and oxygen atoms in total. The molecule has 3 aromatic carbocycles. The summed E-state index contributed by atoms with van der Waals surface area (Å²) in [5, 5.41) is 1.99. The second-order valence-corrected chi connectivity index (χ2v) is 14.8. The normalized spacial score (nSPS) is 18.1. The summed E-state index contributed by atoms with van der Waals surface area (Å²) in [4.78, 5) is 5.03. The van der Waals surface area contributed by atoms with E-state index < -0.39 is 26.0 Å². The maximum Gasteiger partial charge on any atom is 0.266 e. The minimum atomic E-state index is -4.19. The molecule has 2 heterocycles. The quantitative estimate of drug-likeness (QED) is 0.260. The van der Waals surface area contributed by atoms with Gasteiger partial charge in [0.2, 0.25) is 5.88 Å². The summed E-state index contributed by atoms with van der Waals surface area (Å²) in [5.74, 6) is 0.308. The van der Waals surface area contributed by atoms with E-state index in [1.54, 1.807) is 16.7 Å². The molecule has 0 radical (unpaired) electrons. The SMILES string of the molecule is CCC(=CC1Sc2ccc3ccccc3c2N1CCCS(=O)(=O)O)C=C1Oc2cc(C)c(C)cc2N1CCS(=O)(=O)O. The number of aryl methyl sites for hydroxylation is 2. The smallest absolute Gasteiger partial charge is 0.266 e. The Kier molecular flexibility index (Phi) is 8.64. The standard InChI is InChI=1S/C30H34N2O7S3/c1-4-22(18-28-31(13-15-42(36,37)38)25-16-20(2)21(3)17-26(25)39-28)19-29-32(12-7-14-41(33,34)35)30-24-9-6-5-8-23(24)10-11-27(30)40-29/h5-6,8-11,16-19,29H,4,7,12-15H2,1-3H3,(H,33,34,35)(H,36,37,38). The number of rotatable bonds is 10. The summed E-state index contributed by atoms with van der Waals surface area (Å²) < 4.78 is 71.2. The van der Waals surface area contributed by atoms with Gasteiger partial charge in [-0.15, -0.1) is 0 Å². The van der Waals surface area contributed by atoms with Gasteiger partial charge in [0.1, 0.15) is 0 Å². The molecular formula is C30H34N2O7S3. The zero-order valence-electron chi connectivity index (χ0n) is 23.6. The minimum absolute atomic E-state index is 0.0224. The van der Waals surface area contributed by atoms with Crippen molar-refractivity contribution in [2.24, 2.45) is 0 Å². The number of nitrogens with zero attached hydrogens (tertiary/aromatic N) is 2. The van der Waals surface area contributed by atoms with Crippen LogP contribution < -0.4 is 14.5 Å². The van der Waals surface area contributed by atoms with Gasteiger partial charge in [-0.2, -0.15) is 16.8 Å². The lowest BCUT2D eigenvalue weighted by molar-refractivity contribution is 0.437. The van der Waals surface area contributed by atoms with Crippen LogP contribution in [0.4, 0.5) is 11.4 Å². The highest BCUT2D eigenvalue weighted by molar-refractivity contribution is 8.00. The Hall–Kier alpha value is -3.03. The summed E-state index contributed by atoms with van der Waals surface area (Å²) in [6.07, 6.45) is 4.92. The number of allylic oxidation sites excluding steroid dienone is 2. The lowest BCUT2D eigenvalue weighted by Crippen LogP contribution is -2.30. The first-order valence-corrected chi connectivity index (χ1v) is 17.8. The Morgan fingerprint density at radius 1 is 0.976 bits per heavy atom. The van der Waals surface area contributed by atoms with Gasteiger partial charge >= 0.3 is 0 Å². The molecule has 12 heteroatoms. The summed E-state index contributed by atoms with van der Waals surface area (Å²) >= 11 is 1.67. The Morgan fingerprint density at radius 3 is 2.40 bits per heavy atom. The molecule has 3 aromatic rings. The first kappa shape index (κ1) is 30.4. The molecule has 0 spiro atoms. The molecule has 1 unspecified atom stereocenters. The Morgan fingerprint density at radius 2 is 1.69 bits per heavy atom. The summed E-state index contributed by atoms with van der Waals surface area (Å²) in [5.41, 5.74) is 4.79. The maximum atomic E-state index is 11.6. The third kappa shape index (κ3) is 6.78. The van der Waals surface area contributed by atoms with Crippen molar-refractivity contribution in [2.75, 3.05) is 34.4 Å². The van der Waals surface area contributed by atoms with Crippen molar-refractivity contribution in [1.82, 2.24) is 0 Å². The van der Waals surface area contributed by atoms with E-state index in [4.69, 9.17) is 4.74 Å². The van der Waals surface area contributed by atoms with Crippen molar-refractivity contribution in [1.29, 1.82) is 0 Å². The molecule has 2 N–H and O–H groups in total. The molecule has 0 bridgehead atoms. The minimum Gasteiger partial charge on any atom is -0.439 e. The van der Waals surface area contributed by atoms with Crippen LogP contribution >= 0.6 is 11.8 Å². The van der Waals surface area contributed by atoms with Crippen LogP contribution in [0.15, 0.2) is 77.0 Å². The van der Waals surface area contributed by atoms with E-state index in [-0.39, 0.29) is 24.1 Å². The lowest BCUT2D eigenvalue weighted by atomic mass is 10.1. The molecule has 0 aliphatic carbocycles. The van der Waals surface area contributed by atoms with Gasteiger partial charge in [0.05, 0.1) is 28.3 Å².